The summed E-state index contributed by atoms with van der Waals surface area (Å²) in [5.41, 5.74) is -0.130. The number of para-hydroxylation sites is 1. The van der Waals surface area contributed by atoms with Crippen molar-refractivity contribution in [1.82, 2.24) is 19.7 Å². The van der Waals surface area contributed by atoms with Crippen molar-refractivity contribution in [3.05, 3.63) is 42.5 Å². The summed E-state index contributed by atoms with van der Waals surface area (Å²) in [5.74, 6) is 0.949. The molecule has 1 saturated carbocycles. The van der Waals surface area contributed by atoms with Gasteiger partial charge in [0.2, 0.25) is 5.82 Å². The van der Waals surface area contributed by atoms with Crippen LogP contribution in [0.25, 0.3) is 0 Å². The molecule has 1 aromatic heterocycles. The summed E-state index contributed by atoms with van der Waals surface area (Å²) in [5, 5.41) is 4.09. The molecule has 6 heteroatoms. The Morgan fingerprint density at radius 3 is 2.61 bits per heavy atom. The maximum atomic E-state index is 12.5. The van der Waals surface area contributed by atoms with Crippen LogP contribution in [0.2, 0.25) is 0 Å². The summed E-state index contributed by atoms with van der Waals surface area (Å²) >= 11 is 0. The average Bonchev–Trinajstić information content (AvgIpc) is 2.97. The van der Waals surface area contributed by atoms with Gasteiger partial charge >= 0.3 is 0 Å². The zero-order valence-corrected chi connectivity index (χ0v) is 13.9. The molecule has 23 heavy (non-hydrogen) atoms. The second-order valence-electron chi connectivity index (χ2n) is 6.65. The average molecular weight is 314 g/mol. The molecule has 0 spiro atoms. The van der Waals surface area contributed by atoms with Gasteiger partial charge in [0.05, 0.1) is 0 Å². The zero-order valence-electron chi connectivity index (χ0n) is 13.9. The standard InChI is InChI=1S/C17H22N4O2/c1-17(2)13(10-14(17)23-12-8-6-5-7-9-12)21(4)16(22)15-18-11-20(3)19-15/h5-9,11,13-14H,10H2,1-4H3/t13-,14+/m1/s1. The molecule has 0 saturated heterocycles. The number of aromatic nitrogens is 3. The van der Waals surface area contributed by atoms with E-state index in [9.17, 15) is 4.79 Å². The van der Waals surface area contributed by atoms with Crippen molar-refractivity contribution in [3.8, 4) is 5.75 Å². The number of aryl methyl sites for hydroxylation is 1. The largest absolute Gasteiger partial charge is 0.490 e. The van der Waals surface area contributed by atoms with E-state index in [-0.39, 0.29) is 29.3 Å². The highest BCUT2D eigenvalue weighted by Crippen LogP contribution is 2.45. The van der Waals surface area contributed by atoms with Crippen LogP contribution in [-0.2, 0) is 7.05 Å². The molecular weight excluding hydrogens is 292 g/mol. The third-order valence-electron chi connectivity index (χ3n) is 4.73. The number of benzene rings is 1. The quantitative estimate of drug-likeness (QED) is 0.867. The zero-order chi connectivity index (χ0) is 16.6. The minimum absolute atomic E-state index is 0.0850. The van der Waals surface area contributed by atoms with Gasteiger partial charge in [0.1, 0.15) is 18.2 Å². The number of ether oxygens (including phenoxy) is 1. The van der Waals surface area contributed by atoms with Crippen molar-refractivity contribution in [2.75, 3.05) is 7.05 Å². The van der Waals surface area contributed by atoms with E-state index in [0.29, 0.717) is 0 Å². The first-order valence-corrected chi connectivity index (χ1v) is 7.74. The van der Waals surface area contributed by atoms with Crippen LogP contribution in [0.5, 0.6) is 5.75 Å². The number of hydrogen-bond acceptors (Lipinski definition) is 4. The SMILES string of the molecule is CN(C(=O)c1ncn(C)n1)[C@@H]1C[C@H](Oc2ccccc2)C1(C)C. The van der Waals surface area contributed by atoms with Crippen LogP contribution < -0.4 is 4.74 Å². The summed E-state index contributed by atoms with van der Waals surface area (Å²) < 4.78 is 7.60. The molecular formula is C17H22N4O2. The topological polar surface area (TPSA) is 60.2 Å². The van der Waals surface area contributed by atoms with Crippen LogP contribution in [-0.4, -0.2) is 44.8 Å². The lowest BCUT2D eigenvalue weighted by molar-refractivity contribution is -0.0888. The summed E-state index contributed by atoms with van der Waals surface area (Å²) in [6, 6.07) is 9.90. The Morgan fingerprint density at radius 1 is 1.35 bits per heavy atom. The molecule has 6 nitrogen and oxygen atoms in total. The summed E-state index contributed by atoms with van der Waals surface area (Å²) in [4.78, 5) is 18.3. The van der Waals surface area contributed by atoms with Gasteiger partial charge < -0.3 is 9.64 Å². The van der Waals surface area contributed by atoms with E-state index in [1.807, 2.05) is 37.4 Å². The maximum absolute atomic E-state index is 12.5. The highest BCUT2D eigenvalue weighted by Gasteiger charge is 2.53. The Morgan fingerprint density at radius 2 is 2.04 bits per heavy atom. The van der Waals surface area contributed by atoms with E-state index in [2.05, 4.69) is 23.9 Å². The highest BCUT2D eigenvalue weighted by molar-refractivity contribution is 5.90. The first-order valence-electron chi connectivity index (χ1n) is 7.74. The molecule has 1 fully saturated rings. The van der Waals surface area contributed by atoms with E-state index in [1.54, 1.807) is 11.9 Å². The minimum atomic E-state index is -0.151. The Kier molecular flexibility index (Phi) is 3.83. The smallest absolute Gasteiger partial charge is 0.293 e. The number of carbonyl (C=O) groups is 1. The van der Waals surface area contributed by atoms with E-state index in [0.717, 1.165) is 12.2 Å². The molecule has 2 atom stereocenters. The van der Waals surface area contributed by atoms with Gasteiger partial charge in [-0.15, -0.1) is 5.10 Å². The minimum Gasteiger partial charge on any atom is -0.490 e. The fourth-order valence-corrected chi connectivity index (χ4v) is 3.12. The molecule has 1 heterocycles. The number of amides is 1. The number of rotatable bonds is 4. The predicted octanol–water partition coefficient (Wildman–Crippen LogP) is 2.13. The monoisotopic (exact) mass is 314 g/mol. The van der Waals surface area contributed by atoms with E-state index in [1.165, 1.54) is 11.0 Å². The molecule has 1 aliphatic rings. The first-order chi connectivity index (χ1) is 10.9. The molecule has 2 aromatic rings. The first kappa shape index (κ1) is 15.5. The molecule has 1 aromatic carbocycles. The van der Waals surface area contributed by atoms with Crippen molar-refractivity contribution in [3.63, 3.8) is 0 Å². The lowest BCUT2D eigenvalue weighted by Crippen LogP contribution is -2.63. The molecule has 0 unspecified atom stereocenters. The van der Waals surface area contributed by atoms with Crippen molar-refractivity contribution in [1.29, 1.82) is 0 Å². The van der Waals surface area contributed by atoms with Crippen molar-refractivity contribution < 1.29 is 9.53 Å². The number of nitrogens with zero attached hydrogens (tertiary/aromatic N) is 4. The Balaban J connectivity index is 1.67. The molecule has 122 valence electrons. The van der Waals surface area contributed by atoms with Gasteiger partial charge in [0.25, 0.3) is 5.91 Å². The van der Waals surface area contributed by atoms with Crippen molar-refractivity contribution in [2.24, 2.45) is 12.5 Å². The van der Waals surface area contributed by atoms with E-state index >= 15 is 0 Å². The van der Waals surface area contributed by atoms with Gasteiger partial charge in [-0.1, -0.05) is 32.0 Å². The predicted molar refractivity (Wildman–Crippen MR) is 86.1 cm³/mol. The van der Waals surface area contributed by atoms with E-state index < -0.39 is 0 Å². The van der Waals surface area contributed by atoms with E-state index in [4.69, 9.17) is 4.74 Å². The molecule has 1 amide bonds. The molecule has 0 N–H and O–H groups in total. The van der Waals surface area contributed by atoms with Crippen LogP contribution in [0.1, 0.15) is 30.9 Å². The van der Waals surface area contributed by atoms with Crippen LogP contribution >= 0.6 is 0 Å². The van der Waals surface area contributed by atoms with Crippen LogP contribution in [0.3, 0.4) is 0 Å². The summed E-state index contributed by atoms with van der Waals surface area (Å²) in [7, 11) is 3.56. The normalized spacial score (nSPS) is 22.3. The third-order valence-corrected chi connectivity index (χ3v) is 4.73. The maximum Gasteiger partial charge on any atom is 0.293 e. The second-order valence-corrected chi connectivity index (χ2v) is 6.65. The van der Waals surface area contributed by atoms with Crippen LogP contribution in [0.15, 0.2) is 36.7 Å². The molecule has 0 aliphatic heterocycles. The Hall–Kier alpha value is -2.37. The van der Waals surface area contributed by atoms with Crippen molar-refractivity contribution in [2.45, 2.75) is 32.4 Å². The lowest BCUT2D eigenvalue weighted by Gasteiger charge is -2.54. The molecule has 1 aliphatic carbocycles. The highest BCUT2D eigenvalue weighted by atomic mass is 16.5. The molecule has 3 rings (SSSR count). The van der Waals surface area contributed by atoms with Gasteiger partial charge in [0, 0.05) is 32.0 Å². The van der Waals surface area contributed by atoms with Crippen LogP contribution in [0.4, 0.5) is 0 Å². The molecule has 0 bridgehead atoms. The summed E-state index contributed by atoms with van der Waals surface area (Å²) in [6.45, 7) is 4.26. The fourth-order valence-electron chi connectivity index (χ4n) is 3.12. The summed E-state index contributed by atoms with van der Waals surface area (Å²) in [6.07, 6.45) is 2.42. The second kappa shape index (κ2) is 5.68. The number of hydrogen-bond donors (Lipinski definition) is 0. The van der Waals surface area contributed by atoms with Gasteiger partial charge in [-0.3, -0.25) is 9.48 Å². The van der Waals surface area contributed by atoms with Gasteiger partial charge in [0.15, 0.2) is 0 Å². The van der Waals surface area contributed by atoms with Gasteiger partial charge in [-0.2, -0.15) is 0 Å². The third kappa shape index (κ3) is 2.81. The molecule has 0 radical (unpaired) electrons. The lowest BCUT2D eigenvalue weighted by atomic mass is 9.63. The number of carbonyl (C=O) groups excluding carboxylic acids is 1. The van der Waals surface area contributed by atoms with Crippen molar-refractivity contribution >= 4 is 5.91 Å². The van der Waals surface area contributed by atoms with Crippen LogP contribution in [0, 0.1) is 5.41 Å². The van der Waals surface area contributed by atoms with Gasteiger partial charge in [-0.05, 0) is 12.1 Å². The van der Waals surface area contributed by atoms with Gasteiger partial charge in [-0.25, -0.2) is 4.98 Å². The Bertz CT molecular complexity index is 696. The fraction of sp³-hybridized carbons (Fsp3) is 0.471. The Labute approximate surface area is 136 Å².